The Kier molecular flexibility index (Phi) is 2.24. The molecule has 1 unspecified atom stereocenters. The minimum absolute atomic E-state index is 0.0294. The molecule has 1 rings (SSSR count). The van der Waals surface area contributed by atoms with E-state index in [9.17, 15) is 8.42 Å². The molecule has 0 aromatic rings. The molecule has 0 bridgehead atoms. The molecule has 1 aliphatic rings. The summed E-state index contributed by atoms with van der Waals surface area (Å²) in [5.41, 5.74) is 0. The third-order valence-corrected chi connectivity index (χ3v) is 1.40. The van der Waals surface area contributed by atoms with Gasteiger partial charge in [0.15, 0.2) is 5.94 Å². The van der Waals surface area contributed by atoms with Gasteiger partial charge >= 0.3 is 0 Å². The highest BCUT2D eigenvalue weighted by Gasteiger charge is 2.22. The summed E-state index contributed by atoms with van der Waals surface area (Å²) in [6.45, 7) is 0.852. The van der Waals surface area contributed by atoms with Gasteiger partial charge in [0.1, 0.15) is 6.10 Å². The molecule has 1 fully saturated rings. The van der Waals surface area contributed by atoms with Crippen LogP contribution in [-0.4, -0.2) is 38.2 Å². The largest absolute Gasteiger partial charge is 0.371 e. The molecule has 0 saturated carbocycles. The Morgan fingerprint density at radius 2 is 2.30 bits per heavy atom. The van der Waals surface area contributed by atoms with E-state index in [0.29, 0.717) is 6.61 Å². The number of epoxide rings is 1. The predicted molar refractivity (Wildman–Crippen MR) is 32.1 cm³/mol. The number of ether oxygens (including phenoxy) is 2. The van der Waals surface area contributed by atoms with Crippen molar-refractivity contribution in [1.82, 2.24) is 0 Å². The van der Waals surface area contributed by atoms with E-state index in [-0.39, 0.29) is 12.7 Å². The van der Waals surface area contributed by atoms with E-state index in [4.69, 9.17) is 9.29 Å². The van der Waals surface area contributed by atoms with Crippen LogP contribution in [0.15, 0.2) is 0 Å². The van der Waals surface area contributed by atoms with Crippen molar-refractivity contribution in [2.24, 2.45) is 0 Å². The van der Waals surface area contributed by atoms with Crippen LogP contribution in [0.1, 0.15) is 0 Å². The molecular weight excluding hydrogens is 160 g/mol. The van der Waals surface area contributed by atoms with E-state index in [1.165, 1.54) is 0 Å². The molecule has 0 radical (unpaired) electrons. The Labute approximate surface area is 58.7 Å². The highest BCUT2D eigenvalue weighted by molar-refractivity contribution is 7.85. The van der Waals surface area contributed by atoms with Gasteiger partial charge in [-0.25, -0.2) is 0 Å². The summed E-state index contributed by atoms with van der Waals surface area (Å²) in [5, 5.41) is 0. The Bertz CT molecular complexity index is 192. The molecule has 1 atom stereocenters. The molecule has 0 aliphatic carbocycles. The van der Waals surface area contributed by atoms with E-state index in [0.717, 1.165) is 0 Å². The SMILES string of the molecule is O=S(=O)(O)COCC1CO1. The summed E-state index contributed by atoms with van der Waals surface area (Å²) < 4.78 is 37.5. The van der Waals surface area contributed by atoms with Crippen LogP contribution in [0.5, 0.6) is 0 Å². The molecule has 0 spiro atoms. The molecule has 5 nitrogen and oxygen atoms in total. The summed E-state index contributed by atoms with van der Waals surface area (Å²) >= 11 is 0. The van der Waals surface area contributed by atoms with Gasteiger partial charge in [0.2, 0.25) is 0 Å². The molecule has 0 aromatic heterocycles. The number of hydrogen-bond acceptors (Lipinski definition) is 4. The van der Waals surface area contributed by atoms with Gasteiger partial charge in [0, 0.05) is 0 Å². The van der Waals surface area contributed by atoms with Crippen molar-refractivity contribution >= 4 is 10.1 Å². The van der Waals surface area contributed by atoms with Gasteiger partial charge in [-0.1, -0.05) is 0 Å². The minimum Gasteiger partial charge on any atom is -0.371 e. The lowest BCUT2D eigenvalue weighted by Gasteiger charge is -1.96. The topological polar surface area (TPSA) is 76.1 Å². The maximum Gasteiger partial charge on any atom is 0.289 e. The van der Waals surface area contributed by atoms with Crippen LogP contribution in [0, 0.1) is 0 Å². The lowest BCUT2D eigenvalue weighted by Crippen LogP contribution is -2.11. The summed E-state index contributed by atoms with van der Waals surface area (Å²) in [6, 6.07) is 0. The zero-order chi connectivity index (χ0) is 7.61. The molecule has 1 aliphatic heterocycles. The van der Waals surface area contributed by atoms with Crippen LogP contribution in [0.3, 0.4) is 0 Å². The van der Waals surface area contributed by atoms with Gasteiger partial charge in [-0.05, 0) is 0 Å². The van der Waals surface area contributed by atoms with Crippen molar-refractivity contribution in [3.05, 3.63) is 0 Å². The average Bonchev–Trinajstić information content (AvgIpc) is 2.45. The fourth-order valence-corrected chi connectivity index (χ4v) is 0.756. The second kappa shape index (κ2) is 2.83. The van der Waals surface area contributed by atoms with Crippen molar-refractivity contribution in [3.8, 4) is 0 Å². The van der Waals surface area contributed by atoms with Gasteiger partial charge in [-0.2, -0.15) is 8.42 Å². The molecule has 60 valence electrons. The van der Waals surface area contributed by atoms with Crippen molar-refractivity contribution in [2.45, 2.75) is 6.10 Å². The normalized spacial score (nSPS) is 24.7. The van der Waals surface area contributed by atoms with Gasteiger partial charge in [0.25, 0.3) is 10.1 Å². The van der Waals surface area contributed by atoms with Crippen molar-refractivity contribution in [2.75, 3.05) is 19.2 Å². The second-order valence-corrected chi connectivity index (χ2v) is 3.43. The van der Waals surface area contributed by atoms with Crippen LogP contribution in [-0.2, 0) is 19.6 Å². The quantitative estimate of drug-likeness (QED) is 0.441. The summed E-state index contributed by atoms with van der Waals surface area (Å²) in [5.74, 6) is -0.646. The smallest absolute Gasteiger partial charge is 0.289 e. The highest BCUT2D eigenvalue weighted by Crippen LogP contribution is 2.08. The third kappa shape index (κ3) is 3.78. The maximum atomic E-state index is 10.0. The van der Waals surface area contributed by atoms with Crippen LogP contribution in [0.25, 0.3) is 0 Å². The number of hydrogen-bond donors (Lipinski definition) is 1. The predicted octanol–water partition coefficient (Wildman–Crippen LogP) is -0.753. The Morgan fingerprint density at radius 3 is 2.70 bits per heavy atom. The van der Waals surface area contributed by atoms with Crippen molar-refractivity contribution in [1.29, 1.82) is 0 Å². The molecule has 1 heterocycles. The molecule has 1 saturated heterocycles. The van der Waals surface area contributed by atoms with E-state index >= 15 is 0 Å². The lowest BCUT2D eigenvalue weighted by atomic mass is 10.5. The number of rotatable bonds is 4. The first-order valence-electron chi connectivity index (χ1n) is 2.72. The monoisotopic (exact) mass is 168 g/mol. The molecule has 10 heavy (non-hydrogen) atoms. The van der Waals surface area contributed by atoms with Crippen molar-refractivity contribution < 1.29 is 22.4 Å². The molecule has 6 heteroatoms. The highest BCUT2D eigenvalue weighted by atomic mass is 32.2. The van der Waals surface area contributed by atoms with E-state index in [2.05, 4.69) is 4.74 Å². The second-order valence-electron chi connectivity index (χ2n) is 2.03. The molecular formula is C4H8O5S. The lowest BCUT2D eigenvalue weighted by molar-refractivity contribution is 0.148. The van der Waals surface area contributed by atoms with Crippen LogP contribution >= 0.6 is 0 Å². The molecule has 0 aromatic carbocycles. The first kappa shape index (κ1) is 7.93. The van der Waals surface area contributed by atoms with E-state index < -0.39 is 16.1 Å². The van der Waals surface area contributed by atoms with Gasteiger partial charge in [-0.15, -0.1) is 0 Å². The molecule has 0 amide bonds. The Balaban J connectivity index is 2.04. The standard InChI is InChI=1S/C4H8O5S/c5-10(6,7)3-8-1-4-2-9-4/h4H,1-3H2,(H,5,6,7). The third-order valence-electron chi connectivity index (χ3n) is 0.938. The van der Waals surface area contributed by atoms with E-state index in [1.54, 1.807) is 0 Å². The van der Waals surface area contributed by atoms with Gasteiger partial charge < -0.3 is 9.47 Å². The van der Waals surface area contributed by atoms with Crippen molar-refractivity contribution in [3.63, 3.8) is 0 Å². The fourth-order valence-electron chi connectivity index (χ4n) is 0.449. The Hall–Kier alpha value is -0.170. The first-order valence-corrected chi connectivity index (χ1v) is 4.33. The van der Waals surface area contributed by atoms with Gasteiger partial charge in [0.05, 0.1) is 13.2 Å². The van der Waals surface area contributed by atoms with Crippen LogP contribution < -0.4 is 0 Å². The molecule has 1 N–H and O–H groups in total. The zero-order valence-corrected chi connectivity index (χ0v) is 6.00. The Morgan fingerprint density at radius 1 is 1.70 bits per heavy atom. The zero-order valence-electron chi connectivity index (χ0n) is 5.19. The minimum atomic E-state index is -3.97. The first-order chi connectivity index (χ1) is 4.58. The summed E-state index contributed by atoms with van der Waals surface area (Å²) in [7, 11) is -3.97. The summed E-state index contributed by atoms with van der Waals surface area (Å²) in [4.78, 5) is 0. The average molecular weight is 168 g/mol. The van der Waals surface area contributed by atoms with Gasteiger partial charge in [-0.3, -0.25) is 4.55 Å². The van der Waals surface area contributed by atoms with E-state index in [1.807, 2.05) is 0 Å². The maximum absolute atomic E-state index is 10.0. The van der Waals surface area contributed by atoms with Crippen LogP contribution in [0.4, 0.5) is 0 Å². The summed E-state index contributed by atoms with van der Waals surface area (Å²) in [6.07, 6.45) is 0.0294. The van der Waals surface area contributed by atoms with Crippen LogP contribution in [0.2, 0.25) is 0 Å². The fraction of sp³-hybridized carbons (Fsp3) is 1.00.